The van der Waals surface area contributed by atoms with Crippen molar-refractivity contribution in [2.45, 2.75) is 17.9 Å². The third kappa shape index (κ3) is 3.90. The molecule has 6 heteroatoms. The molecule has 0 fully saturated rings. The smallest absolute Gasteiger partial charge is 0.335 e. The fraction of sp³-hybridized carbons (Fsp3) is 0.167. The van der Waals surface area contributed by atoms with E-state index in [9.17, 15) is 13.2 Å². The van der Waals surface area contributed by atoms with Crippen LogP contribution in [-0.2, 0) is 19.6 Å². The highest BCUT2D eigenvalue weighted by Gasteiger charge is 2.28. The van der Waals surface area contributed by atoms with E-state index >= 15 is 0 Å². The molecule has 0 heterocycles. The van der Waals surface area contributed by atoms with Crippen molar-refractivity contribution in [1.82, 2.24) is 4.72 Å². The van der Waals surface area contributed by atoms with Crippen molar-refractivity contribution in [3.63, 3.8) is 0 Å². The molecule has 24 heavy (non-hydrogen) atoms. The van der Waals surface area contributed by atoms with Crippen molar-refractivity contribution in [3.8, 4) is 0 Å². The highest BCUT2D eigenvalue weighted by Crippen LogP contribution is 2.25. The van der Waals surface area contributed by atoms with Crippen LogP contribution < -0.4 is 4.72 Å². The zero-order chi connectivity index (χ0) is 17.7. The van der Waals surface area contributed by atoms with Crippen molar-refractivity contribution >= 4 is 16.0 Å². The van der Waals surface area contributed by atoms with Crippen LogP contribution in [-0.4, -0.2) is 21.5 Å². The summed E-state index contributed by atoms with van der Waals surface area (Å²) >= 11 is 0. The number of sulfonamides is 1. The first kappa shape index (κ1) is 17.9. The second-order valence-electron chi connectivity index (χ2n) is 5.25. The third-order valence-electron chi connectivity index (χ3n) is 3.59. The second-order valence-corrected chi connectivity index (χ2v) is 6.93. The largest absolute Gasteiger partial charge is 0.466 e. The number of methoxy groups -OCH3 is 1. The number of esters is 1. The maximum absolute atomic E-state index is 12.7. The molecular weight excluding hydrogens is 326 g/mol. The van der Waals surface area contributed by atoms with Crippen LogP contribution in [0, 0.1) is 6.92 Å². The number of carbonyl (C=O) groups excluding carboxylic acids is 1. The Balaban J connectivity index is 2.44. The molecule has 0 saturated carbocycles. The van der Waals surface area contributed by atoms with Crippen molar-refractivity contribution in [1.29, 1.82) is 0 Å². The van der Waals surface area contributed by atoms with Gasteiger partial charge in [-0.05, 0) is 24.1 Å². The summed E-state index contributed by atoms with van der Waals surface area (Å²) in [5.74, 6) is -0.670. The standard InChI is InChI=1S/C18H19NO4S/c1-13-9-7-8-12-16(13)24(21,22)19-17(14(2)18(20)23-3)15-10-5-4-6-11-15/h4-12,17,19H,2H2,1,3H3. The number of aryl methyl sites for hydroxylation is 1. The molecule has 0 aliphatic carbocycles. The Hall–Kier alpha value is -2.44. The maximum Gasteiger partial charge on any atom is 0.335 e. The molecule has 2 aromatic carbocycles. The summed E-state index contributed by atoms with van der Waals surface area (Å²) in [6.45, 7) is 5.41. The van der Waals surface area contributed by atoms with Gasteiger partial charge >= 0.3 is 5.97 Å². The van der Waals surface area contributed by atoms with E-state index in [4.69, 9.17) is 0 Å². The number of hydrogen-bond acceptors (Lipinski definition) is 4. The van der Waals surface area contributed by atoms with Crippen molar-refractivity contribution in [2.75, 3.05) is 7.11 Å². The minimum atomic E-state index is -3.84. The molecule has 0 aromatic heterocycles. The predicted molar refractivity (Wildman–Crippen MR) is 91.8 cm³/mol. The minimum Gasteiger partial charge on any atom is -0.466 e. The summed E-state index contributed by atoms with van der Waals surface area (Å²) in [5.41, 5.74) is 1.23. The monoisotopic (exact) mass is 345 g/mol. The van der Waals surface area contributed by atoms with Gasteiger partial charge in [-0.1, -0.05) is 55.1 Å². The lowest BCUT2D eigenvalue weighted by atomic mass is 10.0. The highest BCUT2D eigenvalue weighted by atomic mass is 32.2. The molecule has 0 radical (unpaired) electrons. The molecule has 0 saturated heterocycles. The van der Waals surface area contributed by atoms with E-state index in [2.05, 4.69) is 16.0 Å². The predicted octanol–water partition coefficient (Wildman–Crippen LogP) is 2.74. The van der Waals surface area contributed by atoms with E-state index in [0.29, 0.717) is 11.1 Å². The molecule has 2 aromatic rings. The van der Waals surface area contributed by atoms with Gasteiger partial charge in [0.2, 0.25) is 10.0 Å². The van der Waals surface area contributed by atoms with E-state index in [1.807, 2.05) is 0 Å². The van der Waals surface area contributed by atoms with Gasteiger partial charge in [0, 0.05) is 0 Å². The van der Waals surface area contributed by atoms with Crippen molar-refractivity contribution in [2.24, 2.45) is 0 Å². The van der Waals surface area contributed by atoms with Crippen LogP contribution in [0.5, 0.6) is 0 Å². The highest BCUT2D eigenvalue weighted by molar-refractivity contribution is 7.89. The SMILES string of the molecule is C=C(C(=O)OC)C(NS(=O)(=O)c1ccccc1C)c1ccccc1. The van der Waals surface area contributed by atoms with Crippen LogP contribution in [0.2, 0.25) is 0 Å². The van der Waals surface area contributed by atoms with Gasteiger partial charge in [-0.15, -0.1) is 0 Å². The normalized spacial score (nSPS) is 12.4. The maximum atomic E-state index is 12.7. The molecule has 0 bridgehead atoms. The second kappa shape index (κ2) is 7.42. The van der Waals surface area contributed by atoms with Gasteiger partial charge < -0.3 is 4.74 Å². The average molecular weight is 345 g/mol. The first-order chi connectivity index (χ1) is 11.4. The number of ether oxygens (including phenoxy) is 1. The molecule has 1 atom stereocenters. The Labute approximate surface area is 142 Å². The van der Waals surface area contributed by atoms with Crippen LogP contribution in [0.4, 0.5) is 0 Å². The molecule has 1 N–H and O–H groups in total. The van der Waals surface area contributed by atoms with Crippen LogP contribution in [0.25, 0.3) is 0 Å². The van der Waals surface area contributed by atoms with E-state index in [1.54, 1.807) is 55.5 Å². The Kier molecular flexibility index (Phi) is 5.54. The van der Waals surface area contributed by atoms with E-state index in [1.165, 1.54) is 13.2 Å². The quantitative estimate of drug-likeness (QED) is 0.645. The molecule has 5 nitrogen and oxygen atoms in total. The first-order valence-corrected chi connectivity index (χ1v) is 8.75. The van der Waals surface area contributed by atoms with Gasteiger partial charge in [0.15, 0.2) is 0 Å². The molecule has 0 amide bonds. The summed E-state index contributed by atoms with van der Waals surface area (Å²) in [7, 11) is -2.62. The minimum absolute atomic E-state index is 0.0147. The van der Waals surface area contributed by atoms with Gasteiger partial charge in [0.25, 0.3) is 0 Å². The van der Waals surface area contributed by atoms with Crippen LogP contribution in [0.15, 0.2) is 71.6 Å². The summed E-state index contributed by atoms with van der Waals surface area (Å²) in [6, 6.07) is 14.5. The lowest BCUT2D eigenvalue weighted by molar-refractivity contribution is -0.136. The topological polar surface area (TPSA) is 72.5 Å². The lowest BCUT2D eigenvalue weighted by Crippen LogP contribution is -2.32. The Bertz CT molecular complexity index is 844. The number of nitrogens with one attached hydrogen (secondary N) is 1. The Morgan fingerprint density at radius 3 is 2.25 bits per heavy atom. The molecule has 2 rings (SSSR count). The lowest BCUT2D eigenvalue weighted by Gasteiger charge is -2.21. The zero-order valence-corrected chi connectivity index (χ0v) is 14.3. The van der Waals surface area contributed by atoms with Crippen LogP contribution in [0.1, 0.15) is 17.2 Å². The summed E-state index contributed by atoms with van der Waals surface area (Å²) in [5, 5.41) is 0. The Morgan fingerprint density at radius 1 is 1.08 bits per heavy atom. The van der Waals surface area contributed by atoms with Crippen molar-refractivity contribution in [3.05, 3.63) is 77.9 Å². The van der Waals surface area contributed by atoms with E-state index < -0.39 is 22.0 Å². The number of benzene rings is 2. The molecule has 1 unspecified atom stereocenters. The fourth-order valence-electron chi connectivity index (χ4n) is 2.31. The van der Waals surface area contributed by atoms with Gasteiger partial charge in [0.1, 0.15) is 0 Å². The number of hydrogen-bond donors (Lipinski definition) is 1. The Morgan fingerprint density at radius 2 is 1.67 bits per heavy atom. The number of rotatable bonds is 6. The number of carbonyl (C=O) groups is 1. The van der Waals surface area contributed by atoms with Gasteiger partial charge in [-0.25, -0.2) is 13.2 Å². The van der Waals surface area contributed by atoms with E-state index in [0.717, 1.165) is 0 Å². The van der Waals surface area contributed by atoms with Gasteiger partial charge in [-0.3, -0.25) is 0 Å². The van der Waals surface area contributed by atoms with Crippen molar-refractivity contribution < 1.29 is 17.9 Å². The molecule has 126 valence electrons. The molecule has 0 aliphatic rings. The summed E-state index contributed by atoms with van der Waals surface area (Å²) in [4.78, 5) is 12.0. The van der Waals surface area contributed by atoms with Crippen LogP contribution in [0.3, 0.4) is 0 Å². The van der Waals surface area contributed by atoms with Gasteiger partial charge in [-0.2, -0.15) is 4.72 Å². The third-order valence-corrected chi connectivity index (χ3v) is 5.17. The molecule has 0 spiro atoms. The van der Waals surface area contributed by atoms with Gasteiger partial charge in [0.05, 0.1) is 23.6 Å². The summed E-state index contributed by atoms with van der Waals surface area (Å²) in [6.07, 6.45) is 0. The first-order valence-electron chi connectivity index (χ1n) is 7.27. The average Bonchev–Trinajstić information content (AvgIpc) is 2.59. The fourth-order valence-corrected chi connectivity index (χ4v) is 3.78. The van der Waals surface area contributed by atoms with Crippen LogP contribution >= 0.6 is 0 Å². The van der Waals surface area contributed by atoms with E-state index in [-0.39, 0.29) is 10.5 Å². The molecule has 0 aliphatic heterocycles. The zero-order valence-electron chi connectivity index (χ0n) is 13.5. The summed E-state index contributed by atoms with van der Waals surface area (Å²) < 4.78 is 32.7. The molecular formula is C18H19NO4S.